The van der Waals surface area contributed by atoms with E-state index < -0.39 is 11.5 Å². The lowest BCUT2D eigenvalue weighted by Crippen LogP contribution is -2.42. The van der Waals surface area contributed by atoms with Crippen molar-refractivity contribution in [2.75, 3.05) is 16.8 Å². The fourth-order valence-electron chi connectivity index (χ4n) is 2.48. The van der Waals surface area contributed by atoms with Crippen LogP contribution in [0.25, 0.3) is 0 Å². The first-order valence-electron chi connectivity index (χ1n) is 6.20. The lowest BCUT2D eigenvalue weighted by Gasteiger charge is -2.22. The zero-order chi connectivity index (χ0) is 14.0. The number of carbonyl (C=O) groups is 2. The lowest BCUT2D eigenvalue weighted by molar-refractivity contribution is -0.141. The molecular weight excluding hydrogens is 310 g/mol. The average Bonchev–Trinajstić information content (AvgIpc) is 2.57. The Bertz CT molecular complexity index is 517. The van der Waals surface area contributed by atoms with Gasteiger partial charge in [-0.15, -0.1) is 0 Å². The molecule has 0 fully saturated rings. The third kappa shape index (κ3) is 2.44. The maximum atomic E-state index is 12.4. The zero-order valence-electron chi connectivity index (χ0n) is 10.7. The van der Waals surface area contributed by atoms with Gasteiger partial charge in [-0.2, -0.15) is 0 Å². The second kappa shape index (κ2) is 5.43. The summed E-state index contributed by atoms with van der Waals surface area (Å²) in [5.41, 5.74) is -0.462. The quantitative estimate of drug-likeness (QED) is 0.842. The zero-order valence-corrected chi connectivity index (χ0v) is 12.3. The summed E-state index contributed by atoms with van der Waals surface area (Å²) in [5.74, 6) is -0.599. The molecule has 5 heteroatoms. The molecule has 1 N–H and O–H groups in total. The van der Waals surface area contributed by atoms with Crippen LogP contribution in [0.3, 0.4) is 0 Å². The number of para-hydroxylation sites is 1. The van der Waals surface area contributed by atoms with Crippen LogP contribution in [-0.4, -0.2) is 28.7 Å². The summed E-state index contributed by atoms with van der Waals surface area (Å²) >= 11 is 3.33. The first-order valence-corrected chi connectivity index (χ1v) is 7.32. The molecule has 1 amide bonds. The Balaban J connectivity index is 2.43. The van der Waals surface area contributed by atoms with Crippen molar-refractivity contribution in [1.82, 2.24) is 0 Å². The number of alkyl halides is 1. The second-order valence-electron chi connectivity index (χ2n) is 4.76. The van der Waals surface area contributed by atoms with Crippen LogP contribution in [-0.2, 0) is 15.2 Å². The predicted molar refractivity (Wildman–Crippen MR) is 76.4 cm³/mol. The van der Waals surface area contributed by atoms with E-state index in [0.29, 0.717) is 17.8 Å². The number of aliphatic hydroxyl groups is 1. The maximum absolute atomic E-state index is 12.4. The highest BCUT2D eigenvalue weighted by Crippen LogP contribution is 2.42. The monoisotopic (exact) mass is 325 g/mol. The van der Waals surface area contributed by atoms with Crippen LogP contribution in [0.5, 0.6) is 0 Å². The molecule has 0 radical (unpaired) electrons. The Kier molecular flexibility index (Phi) is 4.06. The second-order valence-corrected chi connectivity index (χ2v) is 5.55. The van der Waals surface area contributed by atoms with Gasteiger partial charge in [0, 0.05) is 23.9 Å². The van der Waals surface area contributed by atoms with Crippen LogP contribution in [0.2, 0.25) is 0 Å². The average molecular weight is 326 g/mol. The largest absolute Gasteiger partial charge is 0.375 e. The molecule has 1 aliphatic heterocycles. The van der Waals surface area contributed by atoms with E-state index in [1.807, 2.05) is 6.07 Å². The summed E-state index contributed by atoms with van der Waals surface area (Å²) in [5, 5.41) is 11.4. The van der Waals surface area contributed by atoms with Crippen LogP contribution >= 0.6 is 15.9 Å². The highest BCUT2D eigenvalue weighted by atomic mass is 79.9. The molecule has 1 unspecified atom stereocenters. The van der Waals surface area contributed by atoms with Gasteiger partial charge in [0.1, 0.15) is 5.78 Å². The summed E-state index contributed by atoms with van der Waals surface area (Å²) in [6.07, 6.45) is 0.615. The Labute approximate surface area is 120 Å². The molecular formula is C14H16BrNO3. The van der Waals surface area contributed by atoms with E-state index in [4.69, 9.17) is 0 Å². The first-order chi connectivity index (χ1) is 9.00. The van der Waals surface area contributed by atoms with Gasteiger partial charge in [0.15, 0.2) is 5.60 Å². The fourth-order valence-corrected chi connectivity index (χ4v) is 2.73. The summed E-state index contributed by atoms with van der Waals surface area (Å²) in [4.78, 5) is 25.3. The maximum Gasteiger partial charge on any atom is 0.264 e. The molecule has 1 aliphatic rings. The van der Waals surface area contributed by atoms with Gasteiger partial charge in [-0.05, 0) is 19.4 Å². The lowest BCUT2D eigenvalue weighted by atomic mass is 9.90. The molecule has 0 aromatic heterocycles. The van der Waals surface area contributed by atoms with Gasteiger partial charge in [0.05, 0.1) is 5.69 Å². The molecule has 1 atom stereocenters. The van der Waals surface area contributed by atoms with Crippen molar-refractivity contribution >= 4 is 33.3 Å². The van der Waals surface area contributed by atoms with Crippen LogP contribution in [0.1, 0.15) is 25.3 Å². The van der Waals surface area contributed by atoms with Crippen molar-refractivity contribution < 1.29 is 14.7 Å². The number of carbonyl (C=O) groups excluding carboxylic acids is 2. The molecule has 19 heavy (non-hydrogen) atoms. The number of anilines is 1. The minimum atomic E-state index is -1.70. The summed E-state index contributed by atoms with van der Waals surface area (Å²) < 4.78 is 0. The predicted octanol–water partition coefficient (Wildman–Crippen LogP) is 1.98. The molecule has 0 saturated carbocycles. The number of benzene rings is 1. The molecule has 4 nitrogen and oxygen atoms in total. The van der Waals surface area contributed by atoms with Crippen LogP contribution in [0.15, 0.2) is 24.3 Å². The number of halogens is 1. The van der Waals surface area contributed by atoms with Gasteiger partial charge >= 0.3 is 0 Å². The van der Waals surface area contributed by atoms with Crippen LogP contribution < -0.4 is 4.90 Å². The number of nitrogens with zero attached hydrogens (tertiary/aromatic N) is 1. The van der Waals surface area contributed by atoms with E-state index >= 15 is 0 Å². The molecule has 1 heterocycles. The normalized spacial score (nSPS) is 21.6. The molecule has 1 aromatic rings. The number of rotatable bonds is 5. The Morgan fingerprint density at radius 3 is 2.74 bits per heavy atom. The number of ketones is 1. The molecule has 0 aliphatic carbocycles. The van der Waals surface area contributed by atoms with Gasteiger partial charge in [-0.25, -0.2) is 0 Å². The van der Waals surface area contributed by atoms with Gasteiger partial charge < -0.3 is 10.0 Å². The van der Waals surface area contributed by atoms with E-state index in [1.165, 1.54) is 6.92 Å². The van der Waals surface area contributed by atoms with Crippen molar-refractivity contribution in [3.8, 4) is 0 Å². The van der Waals surface area contributed by atoms with Gasteiger partial charge in [0.2, 0.25) is 0 Å². The van der Waals surface area contributed by atoms with Crippen molar-refractivity contribution in [1.29, 1.82) is 0 Å². The van der Waals surface area contributed by atoms with Gasteiger partial charge in [-0.1, -0.05) is 34.1 Å². The van der Waals surface area contributed by atoms with E-state index in [1.54, 1.807) is 23.1 Å². The van der Waals surface area contributed by atoms with Crippen LogP contribution in [0, 0.1) is 0 Å². The van der Waals surface area contributed by atoms with E-state index in [9.17, 15) is 14.7 Å². The van der Waals surface area contributed by atoms with E-state index in [-0.39, 0.29) is 12.2 Å². The minimum absolute atomic E-state index is 0.173. The molecule has 0 bridgehead atoms. The molecule has 102 valence electrons. The molecule has 0 spiro atoms. The Hall–Kier alpha value is -1.20. The minimum Gasteiger partial charge on any atom is -0.375 e. The fraction of sp³-hybridized carbons (Fsp3) is 0.429. The van der Waals surface area contributed by atoms with E-state index in [2.05, 4.69) is 15.9 Å². The molecule has 0 saturated heterocycles. The SMILES string of the molecule is CC(=O)CC1(O)C(=O)N(CCCBr)c2ccccc21. The van der Waals surface area contributed by atoms with Crippen molar-refractivity contribution in [3.63, 3.8) is 0 Å². The number of hydrogen-bond donors (Lipinski definition) is 1. The van der Waals surface area contributed by atoms with E-state index in [0.717, 1.165) is 11.8 Å². The topological polar surface area (TPSA) is 57.6 Å². The van der Waals surface area contributed by atoms with Crippen molar-refractivity contribution in [2.24, 2.45) is 0 Å². The summed E-state index contributed by atoms with van der Waals surface area (Å²) in [7, 11) is 0. The number of hydrogen-bond acceptors (Lipinski definition) is 3. The van der Waals surface area contributed by atoms with Crippen molar-refractivity contribution in [2.45, 2.75) is 25.4 Å². The highest BCUT2D eigenvalue weighted by Gasteiger charge is 2.49. The highest BCUT2D eigenvalue weighted by molar-refractivity contribution is 9.09. The van der Waals surface area contributed by atoms with Gasteiger partial charge in [-0.3, -0.25) is 9.59 Å². The molecule has 1 aromatic carbocycles. The van der Waals surface area contributed by atoms with Crippen molar-refractivity contribution in [3.05, 3.63) is 29.8 Å². The smallest absolute Gasteiger partial charge is 0.264 e. The number of amides is 1. The Morgan fingerprint density at radius 1 is 1.42 bits per heavy atom. The Morgan fingerprint density at radius 2 is 2.11 bits per heavy atom. The number of Topliss-reactive ketones (excluding diaryl/α,β-unsaturated/α-hetero) is 1. The third-order valence-corrected chi connectivity index (χ3v) is 3.82. The van der Waals surface area contributed by atoms with Crippen LogP contribution in [0.4, 0.5) is 5.69 Å². The third-order valence-electron chi connectivity index (χ3n) is 3.26. The summed E-state index contributed by atoms with van der Waals surface area (Å²) in [6, 6.07) is 7.11. The standard InChI is InChI=1S/C14H16BrNO3/c1-10(17)9-14(19)11-5-2-3-6-12(11)16(13(14)18)8-4-7-15/h2-3,5-6,19H,4,7-9H2,1H3. The first kappa shape index (κ1) is 14.2. The molecule has 2 rings (SSSR count). The van der Waals surface area contributed by atoms with Gasteiger partial charge in [0.25, 0.3) is 5.91 Å². The summed E-state index contributed by atoms with van der Waals surface area (Å²) in [6.45, 7) is 1.91. The number of fused-ring (bicyclic) bond motifs is 1.